The number of carbonyl (C=O) groups is 6. The van der Waals surface area contributed by atoms with Crippen molar-refractivity contribution in [2.75, 3.05) is 22.9 Å². The van der Waals surface area contributed by atoms with Crippen molar-refractivity contribution in [3.8, 4) is 5.75 Å². The molecule has 2 aromatic carbocycles. The number of aliphatic carboxylic acids is 1. The summed E-state index contributed by atoms with van der Waals surface area (Å²) < 4.78 is 0. The number of aryl methyl sites for hydroxylation is 2. The number of para-hydroxylation sites is 2. The number of carboxylic acid groups (broad SMARTS) is 1. The molecule has 0 fully saturated rings. The normalized spacial score (nSPS) is 15.5. The summed E-state index contributed by atoms with van der Waals surface area (Å²) in [7, 11) is 0. The SMILES string of the molecule is CCc1cc(C(=O)NC2CN(C(=O)C(C)C)c3ccccc3N(CC(=O)NC(C=O)CC(=O)O)C2=O)cc(C)c1O. The summed E-state index contributed by atoms with van der Waals surface area (Å²) in [5, 5.41) is 24.3. The van der Waals surface area contributed by atoms with Crippen LogP contribution in [0.4, 0.5) is 11.4 Å². The predicted octanol–water partition coefficient (Wildman–Crippen LogP) is 1.56. The van der Waals surface area contributed by atoms with Crippen LogP contribution in [0.1, 0.15) is 48.7 Å². The lowest BCUT2D eigenvalue weighted by Gasteiger charge is -2.26. The first-order valence-corrected chi connectivity index (χ1v) is 13.2. The third-order valence-corrected chi connectivity index (χ3v) is 6.69. The molecule has 218 valence electrons. The predicted molar refractivity (Wildman–Crippen MR) is 150 cm³/mol. The van der Waals surface area contributed by atoms with E-state index in [1.807, 2.05) is 6.92 Å². The number of hydrogen-bond donors (Lipinski definition) is 4. The highest BCUT2D eigenvalue weighted by atomic mass is 16.4. The zero-order valence-electron chi connectivity index (χ0n) is 23.3. The molecule has 0 radical (unpaired) electrons. The van der Waals surface area contributed by atoms with Crippen LogP contribution < -0.4 is 20.4 Å². The second kappa shape index (κ2) is 13.1. The number of rotatable bonds is 10. The molecule has 12 heteroatoms. The molecule has 41 heavy (non-hydrogen) atoms. The van der Waals surface area contributed by atoms with E-state index in [1.54, 1.807) is 45.0 Å². The van der Waals surface area contributed by atoms with Crippen LogP contribution in [0.3, 0.4) is 0 Å². The minimum absolute atomic E-state index is 0.0764. The Bertz CT molecular complexity index is 1370. The Hall–Kier alpha value is -4.74. The summed E-state index contributed by atoms with van der Waals surface area (Å²) in [5.74, 6) is -4.09. The lowest BCUT2D eigenvalue weighted by molar-refractivity contribution is -0.139. The van der Waals surface area contributed by atoms with Crippen LogP contribution in [0.2, 0.25) is 0 Å². The van der Waals surface area contributed by atoms with E-state index in [0.29, 0.717) is 29.5 Å². The van der Waals surface area contributed by atoms with Crippen LogP contribution in [0.25, 0.3) is 0 Å². The number of carboxylic acids is 1. The van der Waals surface area contributed by atoms with Crippen LogP contribution in [-0.2, 0) is 30.4 Å². The first kappa shape index (κ1) is 30.8. The molecule has 4 N–H and O–H groups in total. The third-order valence-electron chi connectivity index (χ3n) is 6.69. The highest BCUT2D eigenvalue weighted by molar-refractivity contribution is 6.11. The molecule has 0 spiro atoms. The maximum absolute atomic E-state index is 13.9. The second-order valence-electron chi connectivity index (χ2n) is 10.1. The van der Waals surface area contributed by atoms with Gasteiger partial charge in [-0.3, -0.25) is 28.9 Å². The first-order valence-electron chi connectivity index (χ1n) is 13.2. The molecule has 0 aliphatic carbocycles. The van der Waals surface area contributed by atoms with E-state index in [2.05, 4.69) is 10.6 Å². The number of aldehydes is 1. The van der Waals surface area contributed by atoms with Gasteiger partial charge < -0.3 is 30.5 Å². The largest absolute Gasteiger partial charge is 0.507 e. The molecule has 4 amide bonds. The second-order valence-corrected chi connectivity index (χ2v) is 10.1. The lowest BCUT2D eigenvalue weighted by atomic mass is 10.0. The molecular weight excluding hydrogens is 532 g/mol. The molecule has 2 atom stereocenters. The van der Waals surface area contributed by atoms with Crippen molar-refractivity contribution < 1.29 is 39.0 Å². The number of phenols is 1. The highest BCUT2D eigenvalue weighted by Gasteiger charge is 2.38. The van der Waals surface area contributed by atoms with Crippen LogP contribution in [0, 0.1) is 12.8 Å². The molecular formula is C29H34N4O8. The summed E-state index contributed by atoms with van der Waals surface area (Å²) in [6, 6.07) is 6.90. The van der Waals surface area contributed by atoms with E-state index in [9.17, 15) is 33.9 Å². The quantitative estimate of drug-likeness (QED) is 0.314. The summed E-state index contributed by atoms with van der Waals surface area (Å²) >= 11 is 0. The highest BCUT2D eigenvalue weighted by Crippen LogP contribution is 2.34. The number of nitrogens with zero attached hydrogens (tertiary/aromatic N) is 2. The number of anilines is 2. The number of fused-ring (bicyclic) bond motifs is 1. The van der Waals surface area contributed by atoms with Crippen molar-refractivity contribution >= 4 is 47.3 Å². The molecule has 1 aliphatic heterocycles. The van der Waals surface area contributed by atoms with Crippen LogP contribution in [0.5, 0.6) is 5.75 Å². The van der Waals surface area contributed by atoms with Gasteiger partial charge in [-0.1, -0.05) is 32.9 Å². The number of amides is 4. The minimum atomic E-state index is -1.31. The Morgan fingerprint density at radius 1 is 1.12 bits per heavy atom. The van der Waals surface area contributed by atoms with E-state index < -0.39 is 54.7 Å². The number of phenolic OH excluding ortho intramolecular Hbond substituents is 1. The lowest BCUT2D eigenvalue weighted by Crippen LogP contribution is -2.55. The van der Waals surface area contributed by atoms with Crippen LogP contribution >= 0.6 is 0 Å². The van der Waals surface area contributed by atoms with Gasteiger partial charge in [-0.15, -0.1) is 0 Å². The fraction of sp³-hybridized carbons (Fsp3) is 0.379. The van der Waals surface area contributed by atoms with E-state index in [-0.39, 0.29) is 29.5 Å². The average Bonchev–Trinajstić information content (AvgIpc) is 3.03. The zero-order chi connectivity index (χ0) is 30.4. The maximum atomic E-state index is 13.9. The van der Waals surface area contributed by atoms with E-state index in [0.717, 1.165) is 4.90 Å². The standard InChI is InChI=1S/C29H34N4O8/c1-5-18-11-19(10-17(4)26(18)38)27(39)31-21-13-32(28(40)16(2)3)22-8-6-7-9-23(22)33(29(21)41)14-24(35)30-20(15-34)12-25(36)37/h6-11,15-16,20-21,38H,5,12-14H2,1-4H3,(H,30,35)(H,31,39)(H,36,37). The smallest absolute Gasteiger partial charge is 0.305 e. The van der Waals surface area contributed by atoms with Gasteiger partial charge in [0.1, 0.15) is 24.6 Å². The van der Waals surface area contributed by atoms with Crippen LogP contribution in [-0.4, -0.2) is 71.3 Å². The molecule has 3 rings (SSSR count). The molecule has 12 nitrogen and oxygen atoms in total. The summed E-state index contributed by atoms with van der Waals surface area (Å²) in [4.78, 5) is 78.3. The van der Waals surface area contributed by atoms with Crippen molar-refractivity contribution in [1.29, 1.82) is 0 Å². The number of carbonyl (C=O) groups excluding carboxylic acids is 5. The van der Waals surface area contributed by atoms with Gasteiger partial charge in [-0.25, -0.2) is 0 Å². The Labute approximate surface area is 237 Å². The molecule has 0 saturated heterocycles. The van der Waals surface area contributed by atoms with Crippen molar-refractivity contribution in [3.63, 3.8) is 0 Å². The fourth-order valence-corrected chi connectivity index (χ4v) is 4.59. The van der Waals surface area contributed by atoms with Gasteiger partial charge in [0.15, 0.2) is 0 Å². The van der Waals surface area contributed by atoms with E-state index in [1.165, 1.54) is 17.0 Å². The van der Waals surface area contributed by atoms with E-state index in [4.69, 9.17) is 5.11 Å². The molecule has 2 unspecified atom stereocenters. The Balaban J connectivity index is 2.02. The molecule has 2 aromatic rings. The van der Waals surface area contributed by atoms with Crippen molar-refractivity contribution in [1.82, 2.24) is 10.6 Å². The van der Waals surface area contributed by atoms with Gasteiger partial charge >= 0.3 is 5.97 Å². The number of aromatic hydroxyl groups is 1. The van der Waals surface area contributed by atoms with Gasteiger partial charge in [-0.2, -0.15) is 0 Å². The van der Waals surface area contributed by atoms with Crippen molar-refractivity contribution in [3.05, 3.63) is 53.1 Å². The summed E-state index contributed by atoms with van der Waals surface area (Å²) in [5.41, 5.74) is 1.81. The van der Waals surface area contributed by atoms with Crippen molar-refractivity contribution in [2.24, 2.45) is 5.92 Å². The van der Waals surface area contributed by atoms with E-state index >= 15 is 0 Å². The summed E-state index contributed by atoms with van der Waals surface area (Å²) in [6.45, 7) is 6.05. The first-order chi connectivity index (χ1) is 19.4. The van der Waals surface area contributed by atoms with Gasteiger partial charge in [0, 0.05) is 11.5 Å². The van der Waals surface area contributed by atoms with Crippen molar-refractivity contribution in [2.45, 2.75) is 52.6 Å². The molecule has 1 heterocycles. The number of nitrogens with one attached hydrogen (secondary N) is 2. The van der Waals surface area contributed by atoms with Gasteiger partial charge in [0.25, 0.3) is 11.8 Å². The Kier molecular flexibility index (Phi) is 9.82. The third kappa shape index (κ3) is 7.07. The number of hydrogen-bond acceptors (Lipinski definition) is 7. The number of benzene rings is 2. The zero-order valence-corrected chi connectivity index (χ0v) is 23.3. The molecule has 0 aromatic heterocycles. The monoisotopic (exact) mass is 566 g/mol. The topological polar surface area (TPSA) is 173 Å². The molecule has 0 bridgehead atoms. The van der Waals surface area contributed by atoms with Gasteiger partial charge in [0.2, 0.25) is 11.8 Å². The Morgan fingerprint density at radius 2 is 1.78 bits per heavy atom. The average molecular weight is 567 g/mol. The Morgan fingerprint density at radius 3 is 2.37 bits per heavy atom. The fourth-order valence-electron chi connectivity index (χ4n) is 4.59. The van der Waals surface area contributed by atoms with Gasteiger partial charge in [0.05, 0.1) is 30.4 Å². The molecule has 1 aliphatic rings. The van der Waals surface area contributed by atoms with Gasteiger partial charge in [-0.05, 0) is 48.7 Å². The summed E-state index contributed by atoms with van der Waals surface area (Å²) in [6.07, 6.45) is 0.121. The maximum Gasteiger partial charge on any atom is 0.305 e. The molecule has 0 saturated carbocycles. The minimum Gasteiger partial charge on any atom is -0.507 e. The van der Waals surface area contributed by atoms with Crippen LogP contribution in [0.15, 0.2) is 36.4 Å².